The lowest BCUT2D eigenvalue weighted by Gasteiger charge is -2.18. The molecule has 0 aromatic carbocycles. The number of carbonyl (C=O) groups is 1. The number of hydrogen-bond donors (Lipinski definition) is 2. The maximum Gasteiger partial charge on any atom is 0.346 e. The fourth-order valence-electron chi connectivity index (χ4n) is 2.46. The molecule has 7 nitrogen and oxygen atoms in total. The average Bonchev–Trinajstić information content (AvgIpc) is 2.65. The Kier molecular flexibility index (Phi) is 5.17. The van der Waals surface area contributed by atoms with Gasteiger partial charge in [-0.2, -0.15) is 5.10 Å². The maximum absolute atomic E-state index is 12.2. The Balaban J connectivity index is 2.03. The molecule has 1 aliphatic rings. The van der Waals surface area contributed by atoms with Crippen LogP contribution in [-0.2, 0) is 24.3 Å². The van der Waals surface area contributed by atoms with Crippen molar-refractivity contribution in [3.05, 3.63) is 16.3 Å². The van der Waals surface area contributed by atoms with Crippen LogP contribution in [0, 0.1) is 5.92 Å². The van der Waals surface area contributed by atoms with Gasteiger partial charge in [0.25, 0.3) is 0 Å². The molecule has 1 aromatic heterocycles. The fraction of sp³-hybridized carbons (Fsp3) is 0.786. The molecule has 21 heavy (non-hydrogen) atoms. The van der Waals surface area contributed by atoms with Crippen molar-refractivity contribution in [1.82, 2.24) is 19.7 Å². The molecule has 7 heteroatoms. The van der Waals surface area contributed by atoms with E-state index >= 15 is 0 Å². The summed E-state index contributed by atoms with van der Waals surface area (Å²) in [5.41, 5.74) is -0.204. The summed E-state index contributed by atoms with van der Waals surface area (Å²) in [6.07, 6.45) is 3.92. The zero-order valence-electron chi connectivity index (χ0n) is 12.7. The molecule has 2 heterocycles. The molecule has 0 bridgehead atoms. The summed E-state index contributed by atoms with van der Waals surface area (Å²) in [6.45, 7) is 4.33. The highest BCUT2D eigenvalue weighted by Gasteiger charge is 2.19. The number of nitrogens with zero attached hydrogens (tertiary/aromatic N) is 3. The quantitative estimate of drug-likeness (QED) is 0.794. The molecular formula is C14H24N4O3. The molecule has 2 N–H and O–H groups in total. The van der Waals surface area contributed by atoms with Crippen LogP contribution in [0.3, 0.4) is 0 Å². The van der Waals surface area contributed by atoms with E-state index in [0.29, 0.717) is 6.54 Å². The number of nitrogens with one attached hydrogen (secondary N) is 1. The van der Waals surface area contributed by atoms with Gasteiger partial charge in [-0.25, -0.2) is 9.48 Å². The summed E-state index contributed by atoms with van der Waals surface area (Å²) in [5.74, 6) is 0.504. The van der Waals surface area contributed by atoms with Crippen molar-refractivity contribution in [1.29, 1.82) is 0 Å². The summed E-state index contributed by atoms with van der Waals surface area (Å²) in [7, 11) is 0. The molecule has 0 saturated carbocycles. The zero-order chi connectivity index (χ0) is 15.4. The van der Waals surface area contributed by atoms with Crippen molar-refractivity contribution >= 4 is 5.91 Å². The first-order valence-corrected chi connectivity index (χ1v) is 7.59. The second kappa shape index (κ2) is 6.89. The molecular weight excluding hydrogens is 272 g/mol. The first-order valence-electron chi connectivity index (χ1n) is 7.59. The van der Waals surface area contributed by atoms with Gasteiger partial charge in [-0.1, -0.05) is 13.3 Å². The minimum absolute atomic E-state index is 0.0141. The lowest BCUT2D eigenvalue weighted by atomic mass is 10.1. The van der Waals surface area contributed by atoms with E-state index < -0.39 is 0 Å². The van der Waals surface area contributed by atoms with Crippen molar-refractivity contribution in [2.45, 2.75) is 58.7 Å². The van der Waals surface area contributed by atoms with Gasteiger partial charge in [0.15, 0.2) is 0 Å². The highest BCUT2D eigenvalue weighted by Crippen LogP contribution is 2.10. The van der Waals surface area contributed by atoms with Crippen LogP contribution in [0.5, 0.6) is 0 Å². The van der Waals surface area contributed by atoms with Gasteiger partial charge in [0.05, 0.1) is 0 Å². The molecule has 0 spiro atoms. The molecule has 1 aliphatic heterocycles. The largest absolute Gasteiger partial charge is 0.396 e. The monoisotopic (exact) mass is 296 g/mol. The third kappa shape index (κ3) is 3.72. The van der Waals surface area contributed by atoms with E-state index in [1.165, 1.54) is 4.68 Å². The molecule has 2 rings (SSSR count). The summed E-state index contributed by atoms with van der Waals surface area (Å²) in [6, 6.07) is -0.140. The Labute approximate surface area is 124 Å². The molecule has 2 unspecified atom stereocenters. The molecule has 1 amide bonds. The van der Waals surface area contributed by atoms with Gasteiger partial charge in [-0.3, -0.25) is 9.36 Å². The summed E-state index contributed by atoms with van der Waals surface area (Å²) in [4.78, 5) is 24.2. The number of carbonyl (C=O) groups excluding carboxylic acids is 1. The molecule has 0 aliphatic carbocycles. The number of aryl methyl sites for hydroxylation is 1. The number of fused-ring (bicyclic) bond motifs is 1. The predicted molar refractivity (Wildman–Crippen MR) is 77.9 cm³/mol. The van der Waals surface area contributed by atoms with E-state index in [4.69, 9.17) is 5.11 Å². The van der Waals surface area contributed by atoms with Crippen LogP contribution in [-0.4, -0.2) is 38.0 Å². The summed E-state index contributed by atoms with van der Waals surface area (Å²) < 4.78 is 2.92. The molecule has 0 radical (unpaired) electrons. The van der Waals surface area contributed by atoms with Crippen LogP contribution in [0.4, 0.5) is 0 Å². The Hall–Kier alpha value is -1.63. The van der Waals surface area contributed by atoms with Gasteiger partial charge in [-0.15, -0.1) is 0 Å². The topological polar surface area (TPSA) is 89.2 Å². The van der Waals surface area contributed by atoms with Gasteiger partial charge < -0.3 is 10.4 Å². The van der Waals surface area contributed by atoms with Crippen LogP contribution in [0.15, 0.2) is 4.79 Å². The van der Waals surface area contributed by atoms with Crippen molar-refractivity contribution in [3.63, 3.8) is 0 Å². The van der Waals surface area contributed by atoms with E-state index in [0.717, 1.165) is 31.5 Å². The smallest absolute Gasteiger partial charge is 0.346 e. The average molecular weight is 296 g/mol. The molecule has 2 atom stereocenters. The number of hydrogen-bond acceptors (Lipinski definition) is 4. The minimum Gasteiger partial charge on any atom is -0.396 e. The first kappa shape index (κ1) is 15.8. The second-order valence-corrected chi connectivity index (χ2v) is 5.83. The summed E-state index contributed by atoms with van der Waals surface area (Å²) >= 11 is 0. The van der Waals surface area contributed by atoms with Gasteiger partial charge in [0, 0.05) is 25.6 Å². The normalized spacial score (nSPS) is 17.7. The van der Waals surface area contributed by atoms with Crippen molar-refractivity contribution in [2.75, 3.05) is 6.61 Å². The van der Waals surface area contributed by atoms with Crippen molar-refractivity contribution in [3.8, 4) is 0 Å². The van der Waals surface area contributed by atoms with Crippen LogP contribution < -0.4 is 11.0 Å². The van der Waals surface area contributed by atoms with Crippen molar-refractivity contribution < 1.29 is 9.90 Å². The third-order valence-corrected chi connectivity index (χ3v) is 4.11. The maximum atomic E-state index is 12.2. The van der Waals surface area contributed by atoms with E-state index in [-0.39, 0.29) is 36.7 Å². The van der Waals surface area contributed by atoms with Gasteiger partial charge in [0.1, 0.15) is 12.4 Å². The van der Waals surface area contributed by atoms with Crippen LogP contribution >= 0.6 is 0 Å². The molecule has 1 aromatic rings. The Morgan fingerprint density at radius 2 is 2.14 bits per heavy atom. The first-order chi connectivity index (χ1) is 10.0. The van der Waals surface area contributed by atoms with E-state index in [1.807, 2.05) is 13.8 Å². The van der Waals surface area contributed by atoms with Crippen LogP contribution in [0.2, 0.25) is 0 Å². The lowest BCUT2D eigenvalue weighted by molar-refractivity contribution is -0.122. The standard InChI is InChI=1S/C14H24N4O3/c1-10(9-19)11(2)15-13(20)8-18-14(21)17-7-5-3-4-6-12(17)16-18/h10-11,19H,3-9H2,1-2H3,(H,15,20). The molecule has 118 valence electrons. The minimum atomic E-state index is -0.252. The number of rotatable bonds is 5. The van der Waals surface area contributed by atoms with Gasteiger partial charge in [-0.05, 0) is 25.7 Å². The number of aromatic nitrogens is 3. The van der Waals surface area contributed by atoms with E-state index in [2.05, 4.69) is 10.4 Å². The van der Waals surface area contributed by atoms with Gasteiger partial charge >= 0.3 is 5.69 Å². The Bertz CT molecular complexity index is 549. The number of amides is 1. The fourth-order valence-corrected chi connectivity index (χ4v) is 2.46. The Morgan fingerprint density at radius 1 is 1.38 bits per heavy atom. The lowest BCUT2D eigenvalue weighted by Crippen LogP contribution is -2.41. The SMILES string of the molecule is CC(CO)C(C)NC(=O)Cn1nc2n(c1=O)CCCCC2. The number of aliphatic hydroxyl groups is 1. The molecule has 0 fully saturated rings. The van der Waals surface area contributed by atoms with E-state index in [1.54, 1.807) is 4.57 Å². The number of aliphatic hydroxyl groups excluding tert-OH is 1. The third-order valence-electron chi connectivity index (χ3n) is 4.11. The van der Waals surface area contributed by atoms with Crippen LogP contribution in [0.25, 0.3) is 0 Å². The zero-order valence-corrected chi connectivity index (χ0v) is 12.7. The van der Waals surface area contributed by atoms with Crippen molar-refractivity contribution in [2.24, 2.45) is 5.92 Å². The second-order valence-electron chi connectivity index (χ2n) is 5.83. The highest BCUT2D eigenvalue weighted by molar-refractivity contribution is 5.75. The predicted octanol–water partition coefficient (Wildman–Crippen LogP) is -0.0957. The van der Waals surface area contributed by atoms with Gasteiger partial charge in [0.2, 0.25) is 5.91 Å². The molecule has 0 saturated heterocycles. The highest BCUT2D eigenvalue weighted by atomic mass is 16.3. The Morgan fingerprint density at radius 3 is 2.86 bits per heavy atom. The summed E-state index contributed by atoms with van der Waals surface area (Å²) in [5, 5.41) is 16.1. The van der Waals surface area contributed by atoms with Crippen LogP contribution in [0.1, 0.15) is 38.9 Å². The van der Waals surface area contributed by atoms with E-state index in [9.17, 15) is 9.59 Å².